The van der Waals surface area contributed by atoms with Crippen LogP contribution in [0.15, 0.2) is 24.3 Å². The van der Waals surface area contributed by atoms with Gasteiger partial charge < -0.3 is 20.1 Å². The molecule has 2 amide bonds. The van der Waals surface area contributed by atoms with E-state index in [1.54, 1.807) is 29.2 Å². The number of hydrogen-bond donors (Lipinski definition) is 2. The van der Waals surface area contributed by atoms with E-state index in [0.717, 1.165) is 25.9 Å². The molecule has 1 heterocycles. The zero-order chi connectivity index (χ0) is 20.1. The van der Waals surface area contributed by atoms with Crippen molar-refractivity contribution in [3.63, 3.8) is 0 Å². The smallest absolute Gasteiger partial charge is 0.317 e. The minimum absolute atomic E-state index is 0.00806. The van der Waals surface area contributed by atoms with Crippen molar-refractivity contribution in [2.45, 2.75) is 31.9 Å². The van der Waals surface area contributed by atoms with Crippen molar-refractivity contribution in [3.8, 4) is 11.8 Å². The number of aliphatic hydroxyl groups excluding tert-OH is 1. The molecule has 3 unspecified atom stereocenters. The van der Waals surface area contributed by atoms with Crippen LogP contribution in [0.2, 0.25) is 0 Å². The molecule has 1 aromatic rings. The van der Waals surface area contributed by atoms with Crippen molar-refractivity contribution in [1.82, 2.24) is 15.1 Å². The maximum Gasteiger partial charge on any atom is 0.317 e. The minimum atomic E-state index is -0.576. The second kappa shape index (κ2) is 9.26. The minimum Gasteiger partial charge on any atom is -0.491 e. The SMILES string of the molecule is CCN(C)C(=O)NC1C2CCC1CN(CC(O)COc1ccc(C#N)cc1)C2. The van der Waals surface area contributed by atoms with Gasteiger partial charge in [0.15, 0.2) is 0 Å². The van der Waals surface area contributed by atoms with Crippen LogP contribution in [-0.2, 0) is 0 Å². The summed E-state index contributed by atoms with van der Waals surface area (Å²) < 4.78 is 5.64. The van der Waals surface area contributed by atoms with E-state index in [1.165, 1.54) is 0 Å². The zero-order valence-corrected chi connectivity index (χ0v) is 16.7. The highest BCUT2D eigenvalue weighted by atomic mass is 16.5. The van der Waals surface area contributed by atoms with Gasteiger partial charge in [-0.3, -0.25) is 4.90 Å². The molecule has 1 aliphatic carbocycles. The first-order valence-corrected chi connectivity index (χ1v) is 10.0. The normalized spacial score (nSPS) is 25.0. The number of nitrogens with one attached hydrogen (secondary N) is 1. The van der Waals surface area contributed by atoms with Crippen LogP contribution in [0.4, 0.5) is 4.79 Å². The van der Waals surface area contributed by atoms with Crippen molar-refractivity contribution in [3.05, 3.63) is 29.8 Å². The van der Waals surface area contributed by atoms with Crippen LogP contribution in [0.1, 0.15) is 25.3 Å². The number of carbonyl (C=O) groups is 1. The zero-order valence-electron chi connectivity index (χ0n) is 16.7. The summed E-state index contributed by atoms with van der Waals surface area (Å²) in [5, 5.41) is 22.4. The van der Waals surface area contributed by atoms with Crippen LogP contribution >= 0.6 is 0 Å². The van der Waals surface area contributed by atoms with Crippen molar-refractivity contribution in [1.29, 1.82) is 5.26 Å². The summed E-state index contributed by atoms with van der Waals surface area (Å²) in [7, 11) is 1.82. The number of ether oxygens (including phenoxy) is 1. The number of urea groups is 1. The summed E-state index contributed by atoms with van der Waals surface area (Å²) in [4.78, 5) is 16.2. The van der Waals surface area contributed by atoms with Crippen LogP contribution in [-0.4, -0.2) is 72.9 Å². The first-order chi connectivity index (χ1) is 13.5. The van der Waals surface area contributed by atoms with Gasteiger partial charge in [-0.2, -0.15) is 5.26 Å². The second-order valence-electron chi connectivity index (χ2n) is 7.91. The number of nitrogens with zero attached hydrogens (tertiary/aromatic N) is 3. The van der Waals surface area contributed by atoms with Crippen LogP contribution in [0.25, 0.3) is 0 Å². The predicted octanol–water partition coefficient (Wildman–Crippen LogP) is 1.67. The van der Waals surface area contributed by atoms with E-state index in [4.69, 9.17) is 10.00 Å². The fourth-order valence-corrected chi connectivity index (χ4v) is 4.27. The molecule has 1 saturated heterocycles. The van der Waals surface area contributed by atoms with E-state index < -0.39 is 6.10 Å². The van der Waals surface area contributed by atoms with Crippen molar-refractivity contribution in [2.24, 2.45) is 11.8 Å². The highest BCUT2D eigenvalue weighted by molar-refractivity contribution is 5.74. The van der Waals surface area contributed by atoms with E-state index >= 15 is 0 Å². The number of aliphatic hydroxyl groups is 1. The third-order valence-electron chi connectivity index (χ3n) is 5.92. The van der Waals surface area contributed by atoms with Gasteiger partial charge >= 0.3 is 6.03 Å². The van der Waals surface area contributed by atoms with Crippen molar-refractivity contribution < 1.29 is 14.6 Å². The average Bonchev–Trinajstić information content (AvgIpc) is 2.94. The highest BCUT2D eigenvalue weighted by Gasteiger charge is 2.43. The Morgan fingerprint density at radius 1 is 1.36 bits per heavy atom. The van der Waals surface area contributed by atoms with Crippen LogP contribution in [0.5, 0.6) is 5.75 Å². The Morgan fingerprint density at radius 2 is 2.00 bits per heavy atom. The number of β-amino-alcohol motifs (C(OH)–C–C–N with tert-alkyl or cyclic N) is 1. The van der Waals surface area contributed by atoms with Crippen molar-refractivity contribution in [2.75, 3.05) is 39.8 Å². The largest absolute Gasteiger partial charge is 0.491 e. The average molecular weight is 386 g/mol. The maximum atomic E-state index is 12.2. The van der Waals surface area contributed by atoms with Gasteiger partial charge in [0, 0.05) is 39.3 Å². The maximum absolute atomic E-state index is 12.2. The number of hydrogen-bond acceptors (Lipinski definition) is 5. The number of piperidine rings is 1. The molecule has 0 spiro atoms. The lowest BCUT2D eigenvalue weighted by molar-refractivity contribution is 0.0416. The third-order valence-corrected chi connectivity index (χ3v) is 5.92. The number of fused-ring (bicyclic) bond motifs is 2. The number of likely N-dealkylation sites (tertiary alicyclic amines) is 1. The number of amides is 2. The quantitative estimate of drug-likeness (QED) is 0.744. The summed E-state index contributed by atoms with van der Waals surface area (Å²) in [5.74, 6) is 1.54. The van der Waals surface area contributed by atoms with Gasteiger partial charge in [-0.15, -0.1) is 0 Å². The first kappa shape index (κ1) is 20.4. The Hall–Kier alpha value is -2.30. The fraction of sp³-hybridized carbons (Fsp3) is 0.619. The number of rotatable bonds is 7. The summed E-state index contributed by atoms with van der Waals surface area (Å²) in [5.41, 5.74) is 0.587. The van der Waals surface area contributed by atoms with E-state index in [-0.39, 0.29) is 18.7 Å². The Kier molecular flexibility index (Phi) is 6.76. The lowest BCUT2D eigenvalue weighted by Crippen LogP contribution is -2.55. The summed E-state index contributed by atoms with van der Waals surface area (Å²) >= 11 is 0. The molecule has 0 aromatic heterocycles. The number of benzene rings is 1. The number of nitriles is 1. The molecule has 28 heavy (non-hydrogen) atoms. The van der Waals surface area contributed by atoms with Crippen LogP contribution in [0, 0.1) is 23.2 Å². The van der Waals surface area contributed by atoms with E-state index in [1.807, 2.05) is 14.0 Å². The Bertz CT molecular complexity index is 689. The fourth-order valence-electron chi connectivity index (χ4n) is 4.27. The van der Waals surface area contributed by atoms with Gasteiger partial charge in [0.25, 0.3) is 0 Å². The summed E-state index contributed by atoms with van der Waals surface area (Å²) in [6.07, 6.45) is 1.67. The van der Waals surface area contributed by atoms with Gasteiger partial charge in [-0.25, -0.2) is 4.79 Å². The molecule has 2 N–H and O–H groups in total. The molecule has 1 aromatic carbocycles. The van der Waals surface area contributed by atoms with Crippen LogP contribution < -0.4 is 10.1 Å². The molecule has 152 valence electrons. The molecule has 1 aliphatic heterocycles. The molecule has 2 bridgehead atoms. The van der Waals surface area contributed by atoms with Gasteiger partial charge in [-0.1, -0.05) is 0 Å². The topological polar surface area (TPSA) is 88.8 Å². The number of carbonyl (C=O) groups excluding carboxylic acids is 1. The molecule has 2 aliphatic rings. The summed E-state index contributed by atoms with van der Waals surface area (Å²) in [6, 6.07) is 9.21. The van der Waals surface area contributed by atoms with E-state index in [9.17, 15) is 9.90 Å². The molecule has 7 heteroatoms. The van der Waals surface area contributed by atoms with E-state index in [2.05, 4.69) is 16.3 Å². The van der Waals surface area contributed by atoms with Gasteiger partial charge in [0.2, 0.25) is 0 Å². The Morgan fingerprint density at radius 3 is 2.57 bits per heavy atom. The van der Waals surface area contributed by atoms with Gasteiger partial charge in [-0.05, 0) is 55.9 Å². The molecule has 2 fully saturated rings. The second-order valence-corrected chi connectivity index (χ2v) is 7.91. The molecule has 7 nitrogen and oxygen atoms in total. The van der Waals surface area contributed by atoms with Crippen LogP contribution in [0.3, 0.4) is 0 Å². The lowest BCUT2D eigenvalue weighted by atomic mass is 9.92. The Balaban J connectivity index is 1.45. The van der Waals surface area contributed by atoms with Crippen molar-refractivity contribution >= 4 is 6.03 Å². The molecule has 0 radical (unpaired) electrons. The highest BCUT2D eigenvalue weighted by Crippen LogP contribution is 2.37. The molecule has 3 atom stereocenters. The first-order valence-electron chi connectivity index (χ1n) is 10.0. The lowest BCUT2D eigenvalue weighted by Gasteiger charge is -2.39. The van der Waals surface area contributed by atoms with E-state index in [0.29, 0.717) is 36.2 Å². The Labute approximate surface area is 166 Å². The molecular weight excluding hydrogens is 356 g/mol. The summed E-state index contributed by atoms with van der Waals surface area (Å²) in [6.45, 7) is 5.25. The van der Waals surface area contributed by atoms with Gasteiger partial charge in [0.05, 0.1) is 11.6 Å². The molecular formula is C21H30N4O3. The molecule has 1 saturated carbocycles. The predicted molar refractivity (Wildman–Crippen MR) is 106 cm³/mol. The standard InChI is InChI=1S/C21H30N4O3/c1-3-24(2)21(27)23-20-16-6-7-17(20)12-25(11-16)13-18(26)14-28-19-8-4-15(10-22)5-9-19/h4-5,8-9,16-18,20,26H,3,6-7,11-14H2,1-2H3,(H,23,27). The van der Waals surface area contributed by atoms with Gasteiger partial charge in [0.1, 0.15) is 18.5 Å². The molecule has 3 rings (SSSR count). The third kappa shape index (κ3) is 4.94. The monoisotopic (exact) mass is 386 g/mol.